The Morgan fingerprint density at radius 2 is 0.481 bits per heavy atom. The van der Waals surface area contributed by atoms with Crippen LogP contribution in [0.1, 0.15) is 342 Å². The summed E-state index contributed by atoms with van der Waals surface area (Å²) in [5.41, 5.74) is 0. The van der Waals surface area contributed by atoms with Gasteiger partial charge in [0.15, 0.2) is 6.10 Å². The van der Waals surface area contributed by atoms with Crippen molar-refractivity contribution in [3.63, 3.8) is 0 Å². The molecule has 1 atom stereocenters. The number of unbranched alkanes of at least 4 members (excludes halogenated alkanes) is 36. The maximum absolute atomic E-state index is 13.0. The van der Waals surface area contributed by atoms with Crippen molar-refractivity contribution in [3.05, 3.63) is 97.2 Å². The van der Waals surface area contributed by atoms with Gasteiger partial charge in [-0.1, -0.05) is 323 Å². The smallest absolute Gasteiger partial charge is 0.306 e. The lowest BCUT2D eigenvalue weighted by molar-refractivity contribution is -0.167. The van der Waals surface area contributed by atoms with Crippen molar-refractivity contribution in [3.8, 4) is 0 Å². The Bertz CT molecular complexity index is 1580. The molecule has 1 unspecified atom stereocenters. The van der Waals surface area contributed by atoms with E-state index in [1.54, 1.807) is 0 Å². The number of ether oxygens (including phenoxy) is 3. The average molecular weight is 1130 g/mol. The summed E-state index contributed by atoms with van der Waals surface area (Å²) < 4.78 is 17.0. The second-order valence-electron chi connectivity index (χ2n) is 23.0. The highest BCUT2D eigenvalue weighted by atomic mass is 16.6. The predicted molar refractivity (Wildman–Crippen MR) is 353 cm³/mol. The van der Waals surface area contributed by atoms with Crippen LogP contribution in [-0.2, 0) is 28.6 Å². The summed E-state index contributed by atoms with van der Waals surface area (Å²) in [6, 6.07) is 0. The molecule has 0 rings (SSSR count). The van der Waals surface area contributed by atoms with Crippen LogP contribution in [0.15, 0.2) is 97.2 Å². The third kappa shape index (κ3) is 67.0. The Morgan fingerprint density at radius 3 is 0.753 bits per heavy atom. The van der Waals surface area contributed by atoms with Gasteiger partial charge in [0.1, 0.15) is 13.2 Å². The first-order valence-corrected chi connectivity index (χ1v) is 34.7. The van der Waals surface area contributed by atoms with Gasteiger partial charge >= 0.3 is 17.9 Å². The molecule has 0 radical (unpaired) electrons. The predicted octanol–water partition coefficient (Wildman–Crippen LogP) is 24.0. The molecule has 0 aliphatic rings. The standard InChI is InChI=1S/C75H130O6/c1-4-7-10-13-16-19-22-25-28-30-32-34-36-37-39-40-42-44-47-50-53-56-59-62-65-68-74(77)80-71-72(70-79-73(76)67-64-61-58-55-52-49-46-27-24-21-18-15-12-9-6-3)81-75(78)69-66-63-60-57-54-51-48-45-43-41-38-35-33-31-29-26-23-20-17-14-11-8-5-2/h8-9,11-12,17-18,20-21,26-27,29,33,35,41,43,46,72H,4-7,10,13-16,19,22-25,28,30-32,34,36-40,42,44-45,47-71H2,1-3H3/b11-8-,12-9-,20-17-,21-18-,29-26-,35-33-,43-41-,46-27-. The van der Waals surface area contributed by atoms with Gasteiger partial charge in [0.05, 0.1) is 0 Å². The second kappa shape index (κ2) is 68.8. The highest BCUT2D eigenvalue weighted by molar-refractivity contribution is 5.71. The molecule has 0 bridgehead atoms. The van der Waals surface area contributed by atoms with E-state index in [0.29, 0.717) is 19.3 Å². The average Bonchev–Trinajstić information content (AvgIpc) is 3.47. The lowest BCUT2D eigenvalue weighted by atomic mass is 10.0. The Hall–Kier alpha value is -3.67. The van der Waals surface area contributed by atoms with Crippen molar-refractivity contribution < 1.29 is 28.6 Å². The van der Waals surface area contributed by atoms with E-state index in [4.69, 9.17) is 14.2 Å². The van der Waals surface area contributed by atoms with Crippen LogP contribution in [0, 0.1) is 0 Å². The van der Waals surface area contributed by atoms with Gasteiger partial charge in [0.25, 0.3) is 0 Å². The van der Waals surface area contributed by atoms with E-state index >= 15 is 0 Å². The third-order valence-electron chi connectivity index (χ3n) is 15.1. The van der Waals surface area contributed by atoms with Crippen LogP contribution in [0.25, 0.3) is 0 Å². The normalized spacial score (nSPS) is 12.7. The fraction of sp³-hybridized carbons (Fsp3) is 0.747. The molecule has 0 heterocycles. The number of hydrogen-bond acceptors (Lipinski definition) is 6. The zero-order chi connectivity index (χ0) is 58.5. The molecule has 0 N–H and O–H groups in total. The number of carbonyl (C=O) groups excluding carboxylic acids is 3. The van der Waals surface area contributed by atoms with Crippen LogP contribution in [-0.4, -0.2) is 37.2 Å². The zero-order valence-electron chi connectivity index (χ0n) is 53.5. The summed E-state index contributed by atoms with van der Waals surface area (Å²) >= 11 is 0. The zero-order valence-corrected chi connectivity index (χ0v) is 53.5. The van der Waals surface area contributed by atoms with Gasteiger partial charge < -0.3 is 14.2 Å². The molecule has 6 heteroatoms. The molecule has 0 fully saturated rings. The van der Waals surface area contributed by atoms with Gasteiger partial charge in [-0.05, 0) is 96.3 Å². The van der Waals surface area contributed by atoms with E-state index in [1.807, 2.05) is 0 Å². The number of esters is 3. The highest BCUT2D eigenvalue weighted by Gasteiger charge is 2.19. The number of rotatable bonds is 63. The van der Waals surface area contributed by atoms with Crippen LogP contribution >= 0.6 is 0 Å². The SMILES string of the molecule is CC/C=C\C/C=C\C/C=C\C/C=C\C/C=C\CCCCCCCCCC(=O)OC(COC(=O)CCCCCCC/C=C\C/C=C\C/C=C\CC)COC(=O)CCCCCCCCCCCCCCCCCCCCCCCCCCC. The summed E-state index contributed by atoms with van der Waals surface area (Å²) in [6.45, 7) is 6.44. The molecular formula is C75H130O6. The maximum atomic E-state index is 13.0. The molecule has 0 aromatic heterocycles. The minimum absolute atomic E-state index is 0.0854. The molecule has 81 heavy (non-hydrogen) atoms. The van der Waals surface area contributed by atoms with Gasteiger partial charge in [0.2, 0.25) is 0 Å². The van der Waals surface area contributed by atoms with Gasteiger partial charge in [-0.2, -0.15) is 0 Å². The molecule has 0 aromatic rings. The van der Waals surface area contributed by atoms with Gasteiger partial charge in [-0.3, -0.25) is 14.4 Å². The Labute approximate surface area is 502 Å². The first kappa shape index (κ1) is 77.3. The number of carbonyl (C=O) groups is 3. The van der Waals surface area contributed by atoms with Gasteiger partial charge in [-0.15, -0.1) is 0 Å². The minimum atomic E-state index is -0.793. The van der Waals surface area contributed by atoms with Crippen molar-refractivity contribution in [2.75, 3.05) is 13.2 Å². The fourth-order valence-corrected chi connectivity index (χ4v) is 9.96. The van der Waals surface area contributed by atoms with Crippen LogP contribution < -0.4 is 0 Å². The van der Waals surface area contributed by atoms with Gasteiger partial charge in [-0.25, -0.2) is 0 Å². The monoisotopic (exact) mass is 1130 g/mol. The van der Waals surface area contributed by atoms with E-state index in [-0.39, 0.29) is 31.1 Å². The molecule has 0 amide bonds. The lowest BCUT2D eigenvalue weighted by Gasteiger charge is -2.18. The molecular weight excluding hydrogens is 997 g/mol. The Balaban J connectivity index is 4.34. The van der Waals surface area contributed by atoms with E-state index in [0.717, 1.165) is 135 Å². The molecule has 0 saturated heterocycles. The summed E-state index contributed by atoms with van der Waals surface area (Å²) in [5.74, 6) is -0.899. The summed E-state index contributed by atoms with van der Waals surface area (Å²) in [7, 11) is 0. The molecule has 0 saturated carbocycles. The fourth-order valence-electron chi connectivity index (χ4n) is 9.96. The number of allylic oxidation sites excluding steroid dienone is 16. The molecule has 0 aliphatic carbocycles. The quantitative estimate of drug-likeness (QED) is 0.0261. The van der Waals surface area contributed by atoms with Crippen LogP contribution in [0.2, 0.25) is 0 Å². The van der Waals surface area contributed by atoms with E-state index in [9.17, 15) is 14.4 Å². The molecule has 466 valence electrons. The maximum Gasteiger partial charge on any atom is 0.306 e. The van der Waals surface area contributed by atoms with Crippen molar-refractivity contribution in [2.45, 2.75) is 348 Å². The van der Waals surface area contributed by atoms with Crippen molar-refractivity contribution in [2.24, 2.45) is 0 Å². The Morgan fingerprint density at radius 1 is 0.259 bits per heavy atom. The van der Waals surface area contributed by atoms with Crippen LogP contribution in [0.5, 0.6) is 0 Å². The highest BCUT2D eigenvalue weighted by Crippen LogP contribution is 2.18. The largest absolute Gasteiger partial charge is 0.462 e. The van der Waals surface area contributed by atoms with Crippen molar-refractivity contribution in [1.82, 2.24) is 0 Å². The van der Waals surface area contributed by atoms with Crippen LogP contribution in [0.3, 0.4) is 0 Å². The molecule has 0 aromatic carbocycles. The third-order valence-corrected chi connectivity index (χ3v) is 15.1. The van der Waals surface area contributed by atoms with E-state index in [2.05, 4.69) is 118 Å². The summed E-state index contributed by atoms with van der Waals surface area (Å²) in [5, 5.41) is 0. The molecule has 0 aliphatic heterocycles. The van der Waals surface area contributed by atoms with Crippen molar-refractivity contribution >= 4 is 17.9 Å². The minimum Gasteiger partial charge on any atom is -0.462 e. The first-order chi connectivity index (χ1) is 40.0. The Kier molecular flexibility index (Phi) is 65.7. The van der Waals surface area contributed by atoms with E-state index < -0.39 is 6.10 Å². The summed E-state index contributed by atoms with van der Waals surface area (Å²) in [6.07, 6.45) is 92.9. The lowest BCUT2D eigenvalue weighted by Crippen LogP contribution is -2.30. The summed E-state index contributed by atoms with van der Waals surface area (Å²) in [4.78, 5) is 38.4. The topological polar surface area (TPSA) is 78.9 Å². The van der Waals surface area contributed by atoms with Crippen molar-refractivity contribution in [1.29, 1.82) is 0 Å². The van der Waals surface area contributed by atoms with Crippen LogP contribution in [0.4, 0.5) is 0 Å². The second-order valence-corrected chi connectivity index (χ2v) is 23.0. The number of hydrogen-bond donors (Lipinski definition) is 0. The van der Waals surface area contributed by atoms with E-state index in [1.165, 1.54) is 167 Å². The molecule has 6 nitrogen and oxygen atoms in total. The first-order valence-electron chi connectivity index (χ1n) is 34.7. The molecule has 0 spiro atoms. The van der Waals surface area contributed by atoms with Gasteiger partial charge in [0, 0.05) is 19.3 Å².